The van der Waals surface area contributed by atoms with Crippen LogP contribution in [-0.2, 0) is 17.9 Å². The number of urea groups is 1. The molecule has 0 aromatic heterocycles. The smallest absolute Gasteiger partial charge is 0.329 e. The van der Waals surface area contributed by atoms with E-state index in [9.17, 15) is 18.4 Å². The number of carbonyl (C=O) groups excluding carboxylic acids is 2. The van der Waals surface area contributed by atoms with E-state index in [1.54, 1.807) is 30.3 Å². The van der Waals surface area contributed by atoms with Crippen LogP contribution in [0.1, 0.15) is 16.7 Å². The van der Waals surface area contributed by atoms with Gasteiger partial charge in [-0.1, -0.05) is 30.3 Å². The van der Waals surface area contributed by atoms with Crippen molar-refractivity contribution in [2.75, 3.05) is 0 Å². The molecule has 1 aliphatic rings. The Kier molecular flexibility index (Phi) is 7.27. The third kappa shape index (κ3) is 5.52. The van der Waals surface area contributed by atoms with Gasteiger partial charge in [0.2, 0.25) is 0 Å². The van der Waals surface area contributed by atoms with Crippen LogP contribution in [0.4, 0.5) is 13.6 Å². The molecule has 0 unspecified atom stereocenters. The molecule has 0 spiro atoms. The van der Waals surface area contributed by atoms with Gasteiger partial charge in [-0.3, -0.25) is 9.69 Å². The fraction of sp³-hybridized carbons (Fsp3) is 0.0833. The first-order valence-corrected chi connectivity index (χ1v) is 11.9. The monoisotopic (exact) mass is 672 g/mol. The number of halogens is 4. The number of hydrogen-bond donors (Lipinski definition) is 1. The molecule has 3 aromatic rings. The normalized spacial score (nSPS) is 14.7. The highest BCUT2D eigenvalue weighted by Gasteiger charge is 2.34. The number of hydrogen-bond acceptors (Lipinski definition) is 3. The largest absolute Gasteiger partial charge is 0.487 e. The SMILES string of the molecule is O=C1N/C(=C/c2cc(I)c(OCc3ccc(F)cc3)c(I)c2)C(=O)N1Cc1ccccc1F. The molecule has 0 radical (unpaired) electrons. The molecule has 0 aliphatic carbocycles. The Morgan fingerprint density at radius 3 is 2.30 bits per heavy atom. The summed E-state index contributed by atoms with van der Waals surface area (Å²) in [5, 5.41) is 2.56. The molecule has 33 heavy (non-hydrogen) atoms. The molecule has 4 rings (SSSR count). The van der Waals surface area contributed by atoms with Gasteiger partial charge in [0.1, 0.15) is 29.7 Å². The predicted octanol–water partition coefficient (Wildman–Crippen LogP) is 5.85. The van der Waals surface area contributed by atoms with E-state index in [2.05, 4.69) is 50.5 Å². The van der Waals surface area contributed by atoms with Crippen LogP contribution in [0.2, 0.25) is 0 Å². The van der Waals surface area contributed by atoms with Crippen molar-refractivity contribution in [2.24, 2.45) is 0 Å². The first kappa shape index (κ1) is 23.6. The van der Waals surface area contributed by atoms with Gasteiger partial charge in [-0.25, -0.2) is 13.6 Å². The molecule has 168 valence electrons. The third-order valence-corrected chi connectivity index (χ3v) is 6.48. The zero-order valence-corrected chi connectivity index (χ0v) is 21.3. The maximum Gasteiger partial charge on any atom is 0.329 e. The number of ether oxygens (including phenoxy) is 1. The van der Waals surface area contributed by atoms with Crippen LogP contribution < -0.4 is 10.1 Å². The molecular weight excluding hydrogens is 656 g/mol. The van der Waals surface area contributed by atoms with E-state index in [-0.39, 0.29) is 30.2 Å². The van der Waals surface area contributed by atoms with Crippen LogP contribution in [0.3, 0.4) is 0 Å². The average molecular weight is 672 g/mol. The number of benzene rings is 3. The van der Waals surface area contributed by atoms with Crippen LogP contribution in [0, 0.1) is 18.8 Å². The molecule has 1 aliphatic heterocycles. The molecule has 3 aromatic carbocycles. The van der Waals surface area contributed by atoms with Gasteiger partial charge in [0.05, 0.1) is 13.7 Å². The molecule has 3 amide bonds. The van der Waals surface area contributed by atoms with Crippen molar-refractivity contribution < 1.29 is 23.1 Å². The number of nitrogens with one attached hydrogen (secondary N) is 1. The summed E-state index contributed by atoms with van der Waals surface area (Å²) in [6.45, 7) is 0.131. The van der Waals surface area contributed by atoms with Crippen molar-refractivity contribution in [3.8, 4) is 5.75 Å². The summed E-state index contributed by atoms with van der Waals surface area (Å²) in [5.41, 5.74) is 1.91. The first-order chi connectivity index (χ1) is 15.8. The lowest BCUT2D eigenvalue weighted by molar-refractivity contribution is -0.123. The van der Waals surface area contributed by atoms with Gasteiger partial charge in [-0.2, -0.15) is 0 Å². The zero-order valence-electron chi connectivity index (χ0n) is 16.9. The fourth-order valence-corrected chi connectivity index (χ4v) is 5.34. The first-order valence-electron chi connectivity index (χ1n) is 9.76. The molecule has 0 bridgehead atoms. The lowest BCUT2D eigenvalue weighted by Gasteiger charge is -2.12. The van der Waals surface area contributed by atoms with E-state index in [4.69, 9.17) is 4.74 Å². The van der Waals surface area contributed by atoms with E-state index in [1.165, 1.54) is 24.3 Å². The highest BCUT2D eigenvalue weighted by Crippen LogP contribution is 2.31. The van der Waals surface area contributed by atoms with Crippen molar-refractivity contribution in [1.29, 1.82) is 0 Å². The van der Waals surface area contributed by atoms with Crippen molar-refractivity contribution in [2.45, 2.75) is 13.2 Å². The number of rotatable bonds is 6. The van der Waals surface area contributed by atoms with Gasteiger partial charge in [-0.05, 0) is 92.7 Å². The average Bonchev–Trinajstić information content (AvgIpc) is 3.03. The molecule has 0 atom stereocenters. The Labute approximate surface area is 216 Å². The van der Waals surface area contributed by atoms with Crippen LogP contribution in [0.15, 0.2) is 66.4 Å². The van der Waals surface area contributed by atoms with E-state index >= 15 is 0 Å². The second-order valence-corrected chi connectivity index (χ2v) is 9.52. The Morgan fingerprint density at radius 1 is 0.970 bits per heavy atom. The van der Waals surface area contributed by atoms with Gasteiger partial charge in [0.25, 0.3) is 5.91 Å². The highest BCUT2D eigenvalue weighted by molar-refractivity contribution is 14.1. The molecular formula is C24H16F2I2N2O3. The van der Waals surface area contributed by atoms with E-state index in [0.717, 1.165) is 17.6 Å². The van der Waals surface area contributed by atoms with Gasteiger partial charge in [-0.15, -0.1) is 0 Å². The van der Waals surface area contributed by atoms with E-state index < -0.39 is 17.8 Å². The summed E-state index contributed by atoms with van der Waals surface area (Å²) < 4.78 is 34.6. The second kappa shape index (κ2) is 10.2. The summed E-state index contributed by atoms with van der Waals surface area (Å²) in [6.07, 6.45) is 1.58. The summed E-state index contributed by atoms with van der Waals surface area (Å²) in [4.78, 5) is 26.0. The van der Waals surface area contributed by atoms with Gasteiger partial charge in [0, 0.05) is 5.56 Å². The minimum absolute atomic E-state index is 0.114. The summed E-state index contributed by atoms with van der Waals surface area (Å²) in [6, 6.07) is 15.2. The molecule has 1 fully saturated rings. The molecule has 0 saturated carbocycles. The Balaban J connectivity index is 1.50. The van der Waals surface area contributed by atoms with Crippen molar-refractivity contribution >= 4 is 63.2 Å². The van der Waals surface area contributed by atoms with Crippen LogP contribution in [-0.4, -0.2) is 16.8 Å². The summed E-state index contributed by atoms with van der Waals surface area (Å²) >= 11 is 4.27. The Hall–Kier alpha value is -2.54. The maximum atomic E-state index is 13.9. The third-order valence-electron chi connectivity index (χ3n) is 4.88. The number of carbonyl (C=O) groups is 2. The van der Waals surface area contributed by atoms with Gasteiger partial charge < -0.3 is 10.1 Å². The van der Waals surface area contributed by atoms with Crippen LogP contribution in [0.5, 0.6) is 5.75 Å². The second-order valence-electron chi connectivity index (χ2n) is 7.20. The van der Waals surface area contributed by atoms with Crippen LogP contribution >= 0.6 is 45.2 Å². The Morgan fingerprint density at radius 2 is 1.64 bits per heavy atom. The molecule has 1 N–H and O–H groups in total. The van der Waals surface area contributed by atoms with Gasteiger partial charge >= 0.3 is 6.03 Å². The number of amides is 3. The topological polar surface area (TPSA) is 58.6 Å². The zero-order chi connectivity index (χ0) is 23.5. The standard InChI is InChI=1S/C24H16F2I2N2O3/c25-17-7-5-14(6-8-17)13-33-22-19(27)9-15(10-20(22)28)11-21-23(31)30(24(32)29-21)12-16-3-1-2-4-18(16)26/h1-11H,12-13H2,(H,29,32)/b21-11+. The molecule has 5 nitrogen and oxygen atoms in total. The highest BCUT2D eigenvalue weighted by atomic mass is 127. The van der Waals surface area contributed by atoms with Crippen LogP contribution in [0.25, 0.3) is 6.08 Å². The van der Waals surface area contributed by atoms with Crippen molar-refractivity contribution in [3.05, 3.63) is 102 Å². The summed E-state index contributed by atoms with van der Waals surface area (Å²) in [5.74, 6) is -0.632. The quantitative estimate of drug-likeness (QED) is 0.204. The predicted molar refractivity (Wildman–Crippen MR) is 136 cm³/mol. The van der Waals surface area contributed by atoms with Gasteiger partial charge in [0.15, 0.2) is 0 Å². The molecule has 1 saturated heterocycles. The molecule has 9 heteroatoms. The minimum atomic E-state index is -0.599. The minimum Gasteiger partial charge on any atom is -0.487 e. The molecule has 1 heterocycles. The Bertz CT molecular complexity index is 1240. The number of nitrogens with zero attached hydrogens (tertiary/aromatic N) is 1. The van der Waals surface area contributed by atoms with E-state index in [0.29, 0.717) is 11.3 Å². The lowest BCUT2D eigenvalue weighted by atomic mass is 10.1. The fourth-order valence-electron chi connectivity index (χ4n) is 3.22. The number of imide groups is 1. The van der Waals surface area contributed by atoms with Crippen molar-refractivity contribution in [3.63, 3.8) is 0 Å². The lowest BCUT2D eigenvalue weighted by Crippen LogP contribution is -2.30. The maximum absolute atomic E-state index is 13.9. The summed E-state index contributed by atoms with van der Waals surface area (Å²) in [7, 11) is 0. The van der Waals surface area contributed by atoms with Crippen molar-refractivity contribution in [1.82, 2.24) is 10.2 Å². The van der Waals surface area contributed by atoms with E-state index in [1.807, 2.05) is 12.1 Å².